The molecule has 1 aliphatic carbocycles. The molecule has 0 bridgehead atoms. The zero-order chi connectivity index (χ0) is 20.1. The van der Waals surface area contributed by atoms with Crippen molar-refractivity contribution in [2.24, 2.45) is 10.9 Å². The average molecular weight is 543 g/mol. The van der Waals surface area contributed by atoms with E-state index in [4.69, 9.17) is 4.74 Å². The Morgan fingerprint density at radius 2 is 2.07 bits per heavy atom. The molecule has 1 aliphatic heterocycles. The van der Waals surface area contributed by atoms with Crippen LogP contribution in [0.3, 0.4) is 0 Å². The van der Waals surface area contributed by atoms with Gasteiger partial charge in [-0.1, -0.05) is 13.0 Å². The fraction of sp³-hybridized carbons (Fsp3) is 0.600. The number of anilines is 1. The highest BCUT2D eigenvalue weighted by Crippen LogP contribution is 2.29. The predicted octanol–water partition coefficient (Wildman–Crippen LogP) is 2.80. The first-order valence-electron chi connectivity index (χ1n) is 10.4. The summed E-state index contributed by atoms with van der Waals surface area (Å²) < 4.78 is 10.1. The number of halogens is 1. The second-order valence-corrected chi connectivity index (χ2v) is 8.21. The summed E-state index contributed by atoms with van der Waals surface area (Å²) >= 11 is 1.50. The van der Waals surface area contributed by atoms with E-state index in [1.54, 1.807) is 0 Å². The Balaban J connectivity index is 0.00000256. The van der Waals surface area contributed by atoms with E-state index in [0.717, 1.165) is 67.6 Å². The summed E-state index contributed by atoms with van der Waals surface area (Å²) in [6.45, 7) is 7.24. The van der Waals surface area contributed by atoms with Gasteiger partial charge in [-0.3, -0.25) is 4.99 Å². The predicted molar refractivity (Wildman–Crippen MR) is 131 cm³/mol. The number of aromatic nitrogens is 3. The van der Waals surface area contributed by atoms with Crippen molar-refractivity contribution in [3.8, 4) is 5.88 Å². The minimum atomic E-state index is 0. The fourth-order valence-electron chi connectivity index (χ4n) is 3.23. The molecule has 30 heavy (non-hydrogen) atoms. The van der Waals surface area contributed by atoms with Crippen LogP contribution in [0.5, 0.6) is 5.88 Å². The average Bonchev–Trinajstić information content (AvgIpc) is 3.48. The Morgan fingerprint density at radius 3 is 2.67 bits per heavy atom. The zero-order valence-corrected chi connectivity index (χ0v) is 20.7. The Hall–Kier alpha value is -1.69. The summed E-state index contributed by atoms with van der Waals surface area (Å²) in [4.78, 5) is 18.1. The lowest BCUT2D eigenvalue weighted by atomic mass is 10.3. The smallest absolute Gasteiger partial charge is 0.213 e. The van der Waals surface area contributed by atoms with Gasteiger partial charge in [-0.25, -0.2) is 9.97 Å². The topological polar surface area (TPSA) is 78.8 Å². The summed E-state index contributed by atoms with van der Waals surface area (Å²) in [5.41, 5.74) is 1.12. The van der Waals surface area contributed by atoms with E-state index in [1.807, 2.05) is 19.3 Å². The standard InChI is InChI=1S/C20H29N7OS.HI/c1-3-17-24-20(29-25-17)27-10-8-26(9-11-27)19(21-2)23-13-16-6-7-18(22-12-16)28-14-15-4-5-15;/h6-7,12,15H,3-5,8-11,13-14H2,1-2H3,(H,21,23);1H. The lowest BCUT2D eigenvalue weighted by molar-refractivity contribution is 0.288. The SMILES string of the molecule is CCc1nsc(N2CCN(C(=NC)NCc3ccc(OCC4CC4)nc3)CC2)n1.I. The van der Waals surface area contributed by atoms with Crippen LogP contribution >= 0.6 is 35.5 Å². The molecule has 8 nitrogen and oxygen atoms in total. The van der Waals surface area contributed by atoms with Crippen LogP contribution in [0.2, 0.25) is 0 Å². The van der Waals surface area contributed by atoms with Crippen molar-refractivity contribution >= 4 is 46.6 Å². The highest BCUT2D eigenvalue weighted by Gasteiger charge is 2.23. The molecule has 164 valence electrons. The first kappa shape index (κ1) is 23.0. The number of guanidine groups is 1. The molecule has 1 N–H and O–H groups in total. The molecule has 3 heterocycles. The molecule has 0 amide bonds. The van der Waals surface area contributed by atoms with Crippen LogP contribution in [0.15, 0.2) is 23.3 Å². The zero-order valence-electron chi connectivity index (χ0n) is 17.6. The molecular formula is C20H30IN7OS. The van der Waals surface area contributed by atoms with Crippen molar-refractivity contribution in [1.82, 2.24) is 24.6 Å². The second kappa shape index (κ2) is 11.1. The molecular weight excluding hydrogens is 513 g/mol. The number of hydrogen-bond acceptors (Lipinski definition) is 7. The molecule has 0 unspecified atom stereocenters. The molecule has 0 aromatic carbocycles. The monoisotopic (exact) mass is 543 g/mol. The number of nitrogens with one attached hydrogen (secondary N) is 1. The van der Waals surface area contributed by atoms with Crippen molar-refractivity contribution < 1.29 is 4.74 Å². The van der Waals surface area contributed by atoms with Crippen molar-refractivity contribution in [2.45, 2.75) is 32.7 Å². The van der Waals surface area contributed by atoms with Crippen molar-refractivity contribution in [3.05, 3.63) is 29.7 Å². The van der Waals surface area contributed by atoms with Gasteiger partial charge >= 0.3 is 0 Å². The molecule has 4 rings (SSSR count). The lowest BCUT2D eigenvalue weighted by Crippen LogP contribution is -2.52. The molecule has 1 saturated heterocycles. The van der Waals surface area contributed by atoms with Gasteiger partial charge in [0.15, 0.2) is 5.96 Å². The van der Waals surface area contributed by atoms with Crippen molar-refractivity contribution in [2.75, 3.05) is 44.7 Å². The van der Waals surface area contributed by atoms with Gasteiger partial charge in [-0.05, 0) is 24.3 Å². The van der Waals surface area contributed by atoms with Gasteiger partial charge in [0.05, 0.1) is 6.61 Å². The number of ether oxygens (including phenoxy) is 1. The van der Waals surface area contributed by atoms with Crippen molar-refractivity contribution in [1.29, 1.82) is 0 Å². The maximum absolute atomic E-state index is 5.71. The van der Waals surface area contributed by atoms with Crippen LogP contribution in [-0.2, 0) is 13.0 Å². The molecule has 10 heteroatoms. The van der Waals surface area contributed by atoms with Crippen LogP contribution in [0, 0.1) is 5.92 Å². The van der Waals surface area contributed by atoms with Gasteiger partial charge in [-0.2, -0.15) is 4.37 Å². The van der Waals surface area contributed by atoms with E-state index in [0.29, 0.717) is 12.4 Å². The first-order chi connectivity index (χ1) is 14.2. The third-order valence-corrected chi connectivity index (χ3v) is 6.06. The van der Waals surface area contributed by atoms with Crippen molar-refractivity contribution in [3.63, 3.8) is 0 Å². The van der Waals surface area contributed by atoms with E-state index >= 15 is 0 Å². The minimum Gasteiger partial charge on any atom is -0.477 e. The summed E-state index contributed by atoms with van der Waals surface area (Å²) in [6, 6.07) is 4.02. The van der Waals surface area contributed by atoms with Gasteiger partial charge in [0, 0.05) is 70.0 Å². The van der Waals surface area contributed by atoms with E-state index in [2.05, 4.69) is 47.4 Å². The van der Waals surface area contributed by atoms with Crippen LogP contribution in [-0.4, -0.2) is 65.0 Å². The number of hydrogen-bond donors (Lipinski definition) is 1. The Kier molecular flexibility index (Phi) is 8.49. The summed E-state index contributed by atoms with van der Waals surface area (Å²) in [5.74, 6) is 3.30. The van der Waals surface area contributed by atoms with E-state index in [1.165, 1.54) is 24.4 Å². The molecule has 0 spiro atoms. The maximum Gasteiger partial charge on any atom is 0.213 e. The van der Waals surface area contributed by atoms with E-state index in [-0.39, 0.29) is 24.0 Å². The third kappa shape index (κ3) is 6.16. The van der Waals surface area contributed by atoms with Gasteiger partial charge in [0.2, 0.25) is 11.0 Å². The first-order valence-corrected chi connectivity index (χ1v) is 11.1. The number of pyridine rings is 1. The fourth-order valence-corrected chi connectivity index (χ4v) is 4.03. The highest BCUT2D eigenvalue weighted by atomic mass is 127. The second-order valence-electron chi connectivity index (χ2n) is 7.48. The van der Waals surface area contributed by atoms with Gasteiger partial charge in [0.25, 0.3) is 0 Å². The number of aryl methyl sites for hydroxylation is 1. The maximum atomic E-state index is 5.71. The molecule has 0 atom stereocenters. The normalized spacial score (nSPS) is 16.9. The molecule has 2 aromatic rings. The van der Waals surface area contributed by atoms with Gasteiger partial charge in [-0.15, -0.1) is 24.0 Å². The quantitative estimate of drug-likeness (QED) is 0.327. The minimum absolute atomic E-state index is 0. The summed E-state index contributed by atoms with van der Waals surface area (Å²) in [5, 5.41) is 4.48. The number of rotatable bonds is 7. The largest absolute Gasteiger partial charge is 0.477 e. The lowest BCUT2D eigenvalue weighted by Gasteiger charge is -2.36. The molecule has 0 radical (unpaired) electrons. The summed E-state index contributed by atoms with van der Waals surface area (Å²) in [7, 11) is 1.83. The Morgan fingerprint density at radius 1 is 1.27 bits per heavy atom. The van der Waals surface area contributed by atoms with Gasteiger partial charge < -0.3 is 19.9 Å². The van der Waals surface area contributed by atoms with Crippen LogP contribution in [0.4, 0.5) is 5.13 Å². The Labute approximate surface area is 199 Å². The third-order valence-electron chi connectivity index (χ3n) is 5.25. The van der Waals surface area contributed by atoms with E-state index < -0.39 is 0 Å². The number of aliphatic imine (C=N–C) groups is 1. The molecule has 2 aliphatic rings. The van der Waals surface area contributed by atoms with Crippen LogP contribution < -0.4 is 15.0 Å². The Bertz CT molecular complexity index is 817. The van der Waals surface area contributed by atoms with Crippen LogP contribution in [0.25, 0.3) is 0 Å². The summed E-state index contributed by atoms with van der Waals surface area (Å²) in [6.07, 6.45) is 5.34. The van der Waals surface area contributed by atoms with Gasteiger partial charge in [0.1, 0.15) is 5.82 Å². The van der Waals surface area contributed by atoms with Crippen LogP contribution in [0.1, 0.15) is 31.2 Å². The number of nitrogens with zero attached hydrogens (tertiary/aromatic N) is 6. The molecule has 2 fully saturated rings. The van der Waals surface area contributed by atoms with E-state index in [9.17, 15) is 0 Å². The molecule has 1 saturated carbocycles. The number of piperazine rings is 1. The molecule has 2 aromatic heterocycles. The highest BCUT2D eigenvalue weighted by molar-refractivity contribution is 14.0.